The van der Waals surface area contributed by atoms with Crippen LogP contribution >= 0.6 is 0 Å². The molecule has 1 heterocycles. The summed E-state index contributed by atoms with van der Waals surface area (Å²) in [6, 6.07) is 5.08. The van der Waals surface area contributed by atoms with Crippen LogP contribution in [0.1, 0.15) is 11.1 Å². The Balaban J connectivity index is 1.99. The van der Waals surface area contributed by atoms with E-state index in [1.165, 1.54) is 24.1 Å². The third-order valence-corrected chi connectivity index (χ3v) is 7.06. The molecule has 1 saturated heterocycles. The quantitative estimate of drug-likeness (QED) is 0.668. The van der Waals surface area contributed by atoms with Gasteiger partial charge in [-0.1, -0.05) is 0 Å². The minimum Gasteiger partial charge on any atom is -0.357 e. The number of anilines is 1. The molecular weight excluding hydrogens is 471 g/mol. The number of rotatable bonds is 4. The first-order valence-corrected chi connectivity index (χ1v) is 10.9. The lowest BCUT2D eigenvalue weighted by Gasteiger charge is -2.41. The van der Waals surface area contributed by atoms with Crippen molar-refractivity contribution < 1.29 is 35.2 Å². The van der Waals surface area contributed by atoms with E-state index in [0.717, 1.165) is 28.6 Å². The molecule has 2 aromatic carbocycles. The number of sulfonamides is 1. The number of alkyl halides is 3. The lowest BCUT2D eigenvalue weighted by atomic mass is 10.0. The van der Waals surface area contributed by atoms with E-state index in [-0.39, 0.29) is 18.8 Å². The van der Waals surface area contributed by atoms with Crippen LogP contribution in [0.15, 0.2) is 41.3 Å². The fourth-order valence-electron chi connectivity index (χ4n) is 3.54. The van der Waals surface area contributed by atoms with Gasteiger partial charge in [0.25, 0.3) is 0 Å². The van der Waals surface area contributed by atoms with E-state index in [4.69, 9.17) is 5.26 Å². The van der Waals surface area contributed by atoms with Crippen LogP contribution < -0.4 is 10.2 Å². The Kier molecular flexibility index (Phi) is 6.62. The molecule has 13 heteroatoms. The summed E-state index contributed by atoms with van der Waals surface area (Å²) < 4.78 is 94.1. The van der Waals surface area contributed by atoms with Gasteiger partial charge in [-0.25, -0.2) is 17.2 Å². The van der Waals surface area contributed by atoms with Crippen molar-refractivity contribution in [3.8, 4) is 6.07 Å². The van der Waals surface area contributed by atoms with Gasteiger partial charge in [-0.15, -0.1) is 0 Å². The molecule has 7 nitrogen and oxygen atoms in total. The SMILES string of the molecule is CNC(=O)C1CN(S(=O)(=O)c2ccc(F)cc2F)CCN1c1ccc(C#N)c(C(F)(F)F)c1. The third kappa shape index (κ3) is 4.76. The molecule has 0 aliphatic carbocycles. The van der Waals surface area contributed by atoms with E-state index in [1.807, 2.05) is 0 Å². The Morgan fingerprint density at radius 2 is 1.85 bits per heavy atom. The highest BCUT2D eigenvalue weighted by Gasteiger charge is 2.40. The maximum atomic E-state index is 14.1. The average Bonchev–Trinajstić information content (AvgIpc) is 2.76. The monoisotopic (exact) mass is 488 g/mol. The molecule has 3 rings (SSSR count). The number of benzene rings is 2. The molecule has 1 unspecified atom stereocenters. The molecule has 1 fully saturated rings. The Bertz CT molecular complexity index is 1230. The van der Waals surface area contributed by atoms with E-state index >= 15 is 0 Å². The highest BCUT2D eigenvalue weighted by Crippen LogP contribution is 2.35. The number of likely N-dealkylation sites (N-methyl/N-ethyl adjacent to an activating group) is 1. The molecule has 176 valence electrons. The molecule has 0 aromatic heterocycles. The molecule has 0 saturated carbocycles. The van der Waals surface area contributed by atoms with Gasteiger partial charge >= 0.3 is 6.18 Å². The lowest BCUT2D eigenvalue weighted by molar-refractivity contribution is -0.137. The molecule has 1 aliphatic heterocycles. The summed E-state index contributed by atoms with van der Waals surface area (Å²) in [5.74, 6) is -2.97. The molecule has 0 radical (unpaired) electrons. The second-order valence-corrected chi connectivity index (χ2v) is 9.01. The number of hydrogen-bond donors (Lipinski definition) is 1. The Labute approximate surface area is 186 Å². The zero-order valence-corrected chi connectivity index (χ0v) is 17.8. The fourth-order valence-corrected chi connectivity index (χ4v) is 5.03. The average molecular weight is 488 g/mol. The second-order valence-electron chi connectivity index (χ2n) is 7.10. The number of nitrogens with one attached hydrogen (secondary N) is 1. The number of amides is 1. The topological polar surface area (TPSA) is 93.5 Å². The van der Waals surface area contributed by atoms with E-state index in [2.05, 4.69) is 5.32 Å². The minimum absolute atomic E-state index is 0.0417. The molecular formula is C20H17F5N4O3S. The number of halogens is 5. The number of piperazine rings is 1. The van der Waals surface area contributed by atoms with Gasteiger partial charge in [0.05, 0.1) is 17.2 Å². The van der Waals surface area contributed by atoms with Crippen LogP contribution in [-0.4, -0.2) is 51.4 Å². The van der Waals surface area contributed by atoms with Crippen LogP contribution in [0.5, 0.6) is 0 Å². The first-order valence-electron chi connectivity index (χ1n) is 9.45. The normalized spacial score (nSPS) is 17.5. The third-order valence-electron chi connectivity index (χ3n) is 5.16. The second kappa shape index (κ2) is 8.95. The van der Waals surface area contributed by atoms with Crippen LogP contribution in [-0.2, 0) is 21.0 Å². The van der Waals surface area contributed by atoms with E-state index < -0.39 is 62.4 Å². The van der Waals surface area contributed by atoms with E-state index in [9.17, 15) is 35.2 Å². The number of carbonyl (C=O) groups excluding carboxylic acids is 1. The Morgan fingerprint density at radius 3 is 2.42 bits per heavy atom. The number of nitriles is 1. The van der Waals surface area contributed by atoms with Crippen LogP contribution in [0, 0.1) is 23.0 Å². The van der Waals surface area contributed by atoms with Gasteiger partial charge in [-0.3, -0.25) is 4.79 Å². The van der Waals surface area contributed by atoms with Crippen molar-refractivity contribution in [1.29, 1.82) is 5.26 Å². The molecule has 1 N–H and O–H groups in total. The molecule has 0 bridgehead atoms. The molecule has 1 aliphatic rings. The fraction of sp³-hybridized carbons (Fsp3) is 0.300. The Morgan fingerprint density at radius 1 is 1.15 bits per heavy atom. The predicted molar refractivity (Wildman–Crippen MR) is 106 cm³/mol. The molecule has 0 spiro atoms. The van der Waals surface area contributed by atoms with Crippen molar-refractivity contribution >= 4 is 21.6 Å². The van der Waals surface area contributed by atoms with Crippen molar-refractivity contribution in [3.63, 3.8) is 0 Å². The maximum absolute atomic E-state index is 14.1. The van der Waals surface area contributed by atoms with Crippen molar-refractivity contribution in [2.75, 3.05) is 31.6 Å². The summed E-state index contributed by atoms with van der Waals surface area (Å²) in [4.78, 5) is 13.0. The van der Waals surface area contributed by atoms with Crippen LogP contribution in [0.25, 0.3) is 0 Å². The number of carbonyl (C=O) groups is 1. The van der Waals surface area contributed by atoms with Crippen molar-refractivity contribution in [2.45, 2.75) is 17.1 Å². The van der Waals surface area contributed by atoms with E-state index in [0.29, 0.717) is 6.07 Å². The van der Waals surface area contributed by atoms with Gasteiger partial charge in [-0.2, -0.15) is 22.7 Å². The highest BCUT2D eigenvalue weighted by molar-refractivity contribution is 7.89. The van der Waals surface area contributed by atoms with Gasteiger partial charge in [0.2, 0.25) is 15.9 Å². The number of hydrogen-bond acceptors (Lipinski definition) is 5. The van der Waals surface area contributed by atoms with Gasteiger partial charge < -0.3 is 10.2 Å². The molecule has 33 heavy (non-hydrogen) atoms. The molecule has 1 atom stereocenters. The van der Waals surface area contributed by atoms with Crippen molar-refractivity contribution in [1.82, 2.24) is 9.62 Å². The summed E-state index contributed by atoms with van der Waals surface area (Å²) in [6.45, 7) is -0.989. The van der Waals surface area contributed by atoms with Gasteiger partial charge in [0.15, 0.2) is 0 Å². The summed E-state index contributed by atoms with van der Waals surface area (Å²) in [5, 5.41) is 11.3. The lowest BCUT2D eigenvalue weighted by Crippen LogP contribution is -2.60. The number of nitrogens with zero attached hydrogens (tertiary/aromatic N) is 3. The maximum Gasteiger partial charge on any atom is 0.417 e. The van der Waals surface area contributed by atoms with Gasteiger partial charge in [-0.05, 0) is 30.3 Å². The first kappa shape index (κ1) is 24.4. The van der Waals surface area contributed by atoms with Gasteiger partial charge in [0, 0.05) is 38.4 Å². The molecule has 2 aromatic rings. The van der Waals surface area contributed by atoms with Crippen LogP contribution in [0.2, 0.25) is 0 Å². The summed E-state index contributed by atoms with van der Waals surface area (Å²) >= 11 is 0. The predicted octanol–water partition coefficient (Wildman–Crippen LogP) is 2.48. The largest absolute Gasteiger partial charge is 0.417 e. The summed E-state index contributed by atoms with van der Waals surface area (Å²) in [7, 11) is -3.20. The van der Waals surface area contributed by atoms with Crippen LogP contribution in [0.3, 0.4) is 0 Å². The van der Waals surface area contributed by atoms with Gasteiger partial charge in [0.1, 0.15) is 22.6 Å². The standard InChI is InChI=1S/C20H17F5N4O3S/c1-27-19(30)17-11-28(33(31,32)18-5-3-13(21)8-16(18)22)6-7-29(17)14-4-2-12(10-26)15(9-14)20(23,24)25/h2-5,8-9,17H,6-7,11H2,1H3,(H,27,30). The van der Waals surface area contributed by atoms with E-state index in [1.54, 1.807) is 0 Å². The zero-order valence-electron chi connectivity index (χ0n) is 17.0. The summed E-state index contributed by atoms with van der Waals surface area (Å²) in [6.07, 6.45) is -4.82. The molecule has 1 amide bonds. The first-order chi connectivity index (χ1) is 15.4. The summed E-state index contributed by atoms with van der Waals surface area (Å²) in [5.41, 5.74) is -1.84. The van der Waals surface area contributed by atoms with Crippen LogP contribution in [0.4, 0.5) is 27.6 Å². The smallest absolute Gasteiger partial charge is 0.357 e. The Hall–Kier alpha value is -3.24. The van der Waals surface area contributed by atoms with Crippen molar-refractivity contribution in [3.05, 3.63) is 59.2 Å². The minimum atomic E-state index is -4.82. The van der Waals surface area contributed by atoms with Crippen molar-refractivity contribution in [2.24, 2.45) is 0 Å². The zero-order chi connectivity index (χ0) is 24.6. The highest BCUT2D eigenvalue weighted by atomic mass is 32.2.